The highest BCUT2D eigenvalue weighted by atomic mass is 19.4. The van der Waals surface area contributed by atoms with Gasteiger partial charge in [-0.2, -0.15) is 26.3 Å². The molecule has 0 spiro atoms. The molecule has 0 bridgehead atoms. The zero-order valence-corrected chi connectivity index (χ0v) is 8.89. The van der Waals surface area contributed by atoms with Crippen LogP contribution in [0.25, 0.3) is 0 Å². The first kappa shape index (κ1) is 16.5. The Morgan fingerprint density at radius 3 is 1.72 bits per heavy atom. The van der Waals surface area contributed by atoms with Crippen LogP contribution in [0.3, 0.4) is 0 Å². The second-order valence-electron chi connectivity index (χ2n) is 3.32. The summed E-state index contributed by atoms with van der Waals surface area (Å²) < 4.78 is 72.6. The normalized spacial score (nSPS) is 14.4. The molecule has 0 aromatic heterocycles. The van der Waals surface area contributed by atoms with E-state index in [1.54, 1.807) is 0 Å². The third-order valence-electron chi connectivity index (χ3n) is 1.94. The van der Waals surface area contributed by atoms with E-state index < -0.39 is 36.2 Å². The van der Waals surface area contributed by atoms with Crippen molar-refractivity contribution in [2.45, 2.75) is 31.7 Å². The summed E-state index contributed by atoms with van der Waals surface area (Å²) in [6.07, 6.45) is -12.0. The first-order chi connectivity index (χ1) is 7.91. The van der Waals surface area contributed by atoms with Crippen molar-refractivity contribution in [1.82, 2.24) is 5.32 Å². The van der Waals surface area contributed by atoms with Crippen molar-refractivity contribution in [3.8, 4) is 0 Å². The van der Waals surface area contributed by atoms with Crippen LogP contribution in [-0.4, -0.2) is 35.4 Å². The second kappa shape index (κ2) is 5.44. The van der Waals surface area contributed by atoms with Crippen LogP contribution in [0.15, 0.2) is 0 Å². The SMILES string of the molecule is CCC(NC(=O)C(C(F)(F)F)C(F)(F)F)C(=O)O. The van der Waals surface area contributed by atoms with Gasteiger partial charge in [0.1, 0.15) is 6.04 Å². The Bertz CT molecular complexity index is 310. The Kier molecular flexibility index (Phi) is 4.99. The molecule has 1 atom stereocenters. The zero-order chi connectivity index (χ0) is 14.7. The molecule has 106 valence electrons. The van der Waals surface area contributed by atoms with E-state index in [9.17, 15) is 35.9 Å². The largest absolute Gasteiger partial charge is 0.480 e. The minimum absolute atomic E-state index is 0.344. The lowest BCUT2D eigenvalue weighted by Crippen LogP contribution is -2.52. The predicted octanol–water partition coefficient (Wildman–Crippen LogP) is 1.71. The number of aliphatic carboxylic acids is 1. The van der Waals surface area contributed by atoms with Gasteiger partial charge in [0.15, 0.2) is 0 Å². The van der Waals surface area contributed by atoms with Crippen molar-refractivity contribution in [1.29, 1.82) is 0 Å². The van der Waals surface area contributed by atoms with Gasteiger partial charge >= 0.3 is 18.3 Å². The molecule has 0 aromatic carbocycles. The Balaban J connectivity index is 5.07. The lowest BCUT2D eigenvalue weighted by molar-refractivity contribution is -0.274. The van der Waals surface area contributed by atoms with Crippen molar-refractivity contribution in [3.05, 3.63) is 0 Å². The topological polar surface area (TPSA) is 66.4 Å². The number of hydrogen-bond acceptors (Lipinski definition) is 2. The van der Waals surface area contributed by atoms with E-state index in [1.165, 1.54) is 12.2 Å². The molecule has 0 saturated heterocycles. The maximum Gasteiger partial charge on any atom is 0.409 e. The molecule has 18 heavy (non-hydrogen) atoms. The van der Waals surface area contributed by atoms with Gasteiger partial charge in [0.05, 0.1) is 0 Å². The van der Waals surface area contributed by atoms with Crippen LogP contribution in [-0.2, 0) is 9.59 Å². The molecule has 0 fully saturated rings. The molecule has 1 unspecified atom stereocenters. The fourth-order valence-electron chi connectivity index (χ4n) is 1.08. The molecular formula is C8H9F6NO3. The van der Waals surface area contributed by atoms with Gasteiger partial charge in [0, 0.05) is 0 Å². The average molecular weight is 281 g/mol. The third kappa shape index (κ3) is 4.41. The number of carboxylic acids is 1. The van der Waals surface area contributed by atoms with Gasteiger partial charge in [-0.25, -0.2) is 4.79 Å². The van der Waals surface area contributed by atoms with E-state index in [4.69, 9.17) is 5.11 Å². The maximum atomic E-state index is 12.1. The van der Waals surface area contributed by atoms with E-state index in [0.717, 1.165) is 0 Å². The van der Waals surface area contributed by atoms with E-state index in [2.05, 4.69) is 0 Å². The average Bonchev–Trinajstić information content (AvgIpc) is 2.08. The van der Waals surface area contributed by atoms with E-state index in [0.29, 0.717) is 0 Å². The summed E-state index contributed by atoms with van der Waals surface area (Å²) in [5, 5.41) is 9.63. The van der Waals surface area contributed by atoms with Crippen molar-refractivity contribution < 1.29 is 41.0 Å². The minimum Gasteiger partial charge on any atom is -0.480 e. The van der Waals surface area contributed by atoms with Gasteiger partial charge in [-0.15, -0.1) is 0 Å². The molecule has 0 saturated carbocycles. The van der Waals surface area contributed by atoms with Gasteiger partial charge in [-0.3, -0.25) is 4.79 Å². The van der Waals surface area contributed by atoms with E-state index >= 15 is 0 Å². The van der Waals surface area contributed by atoms with Gasteiger partial charge in [-0.05, 0) is 6.42 Å². The molecule has 1 amide bonds. The molecule has 0 radical (unpaired) electrons. The van der Waals surface area contributed by atoms with Crippen molar-refractivity contribution in [2.24, 2.45) is 5.92 Å². The molecule has 4 nitrogen and oxygen atoms in total. The molecule has 2 N–H and O–H groups in total. The van der Waals surface area contributed by atoms with Crippen molar-refractivity contribution in [3.63, 3.8) is 0 Å². The Morgan fingerprint density at radius 1 is 1.11 bits per heavy atom. The Hall–Kier alpha value is -1.48. The van der Waals surface area contributed by atoms with Crippen LogP contribution >= 0.6 is 0 Å². The number of carbonyl (C=O) groups is 2. The first-order valence-corrected chi connectivity index (χ1v) is 4.57. The fourth-order valence-corrected chi connectivity index (χ4v) is 1.08. The number of carbonyl (C=O) groups excluding carboxylic acids is 1. The maximum absolute atomic E-state index is 12.1. The van der Waals surface area contributed by atoms with Crippen LogP contribution < -0.4 is 5.32 Å². The lowest BCUT2D eigenvalue weighted by Gasteiger charge is -2.23. The van der Waals surface area contributed by atoms with Gasteiger partial charge in [0.2, 0.25) is 11.8 Å². The Labute approximate surface area is 97.0 Å². The van der Waals surface area contributed by atoms with Gasteiger partial charge in [-0.1, -0.05) is 6.92 Å². The van der Waals surface area contributed by atoms with Crippen LogP contribution in [0, 0.1) is 5.92 Å². The highest BCUT2D eigenvalue weighted by Gasteiger charge is 2.61. The predicted molar refractivity (Wildman–Crippen MR) is 45.5 cm³/mol. The van der Waals surface area contributed by atoms with Crippen LogP contribution in [0.1, 0.15) is 13.3 Å². The molecule has 10 heteroatoms. The summed E-state index contributed by atoms with van der Waals surface area (Å²) in [6.45, 7) is 1.19. The molecule has 0 aliphatic heterocycles. The van der Waals surface area contributed by atoms with Crippen molar-refractivity contribution in [2.75, 3.05) is 0 Å². The highest BCUT2D eigenvalue weighted by molar-refractivity contribution is 5.85. The molecule has 0 rings (SSSR count). The fraction of sp³-hybridized carbons (Fsp3) is 0.750. The molecule has 0 aliphatic rings. The number of alkyl halides is 6. The number of halogens is 6. The Morgan fingerprint density at radius 2 is 1.50 bits per heavy atom. The zero-order valence-electron chi connectivity index (χ0n) is 8.89. The van der Waals surface area contributed by atoms with Crippen LogP contribution in [0.4, 0.5) is 26.3 Å². The second-order valence-corrected chi connectivity index (χ2v) is 3.32. The number of amides is 1. The summed E-state index contributed by atoms with van der Waals surface area (Å²) >= 11 is 0. The molecule has 0 aliphatic carbocycles. The minimum atomic E-state index is -5.83. The molecule has 0 heterocycles. The van der Waals surface area contributed by atoms with Crippen LogP contribution in [0.5, 0.6) is 0 Å². The summed E-state index contributed by atoms with van der Waals surface area (Å²) in [5.41, 5.74) is 0. The number of carboxylic acid groups (broad SMARTS) is 1. The van der Waals surface area contributed by atoms with E-state index in [-0.39, 0.29) is 6.42 Å². The van der Waals surface area contributed by atoms with Crippen molar-refractivity contribution >= 4 is 11.9 Å². The van der Waals surface area contributed by atoms with Gasteiger partial charge < -0.3 is 10.4 Å². The lowest BCUT2D eigenvalue weighted by atomic mass is 10.1. The smallest absolute Gasteiger partial charge is 0.409 e. The molecule has 0 aromatic rings. The van der Waals surface area contributed by atoms with Gasteiger partial charge in [0.25, 0.3) is 0 Å². The molecular weight excluding hydrogens is 272 g/mol. The quantitative estimate of drug-likeness (QED) is 0.771. The summed E-state index contributed by atoms with van der Waals surface area (Å²) in [4.78, 5) is 21.3. The number of hydrogen-bond donors (Lipinski definition) is 2. The third-order valence-corrected chi connectivity index (χ3v) is 1.94. The number of nitrogens with one attached hydrogen (secondary N) is 1. The standard InChI is InChI=1S/C8H9F6NO3/c1-2-3(6(17)18)15-5(16)4(7(9,10)11)8(12,13)14/h3-4H,2H2,1H3,(H,15,16)(H,17,18). The highest BCUT2D eigenvalue weighted by Crippen LogP contribution is 2.39. The summed E-state index contributed by atoms with van der Waals surface area (Å²) in [6, 6.07) is -1.80. The monoisotopic (exact) mass is 281 g/mol. The summed E-state index contributed by atoms with van der Waals surface area (Å²) in [5.74, 6) is -8.38. The van der Waals surface area contributed by atoms with E-state index in [1.807, 2.05) is 0 Å². The van der Waals surface area contributed by atoms with Crippen LogP contribution in [0.2, 0.25) is 0 Å². The summed E-state index contributed by atoms with van der Waals surface area (Å²) in [7, 11) is 0. The first-order valence-electron chi connectivity index (χ1n) is 4.57. The number of rotatable bonds is 4.